The third-order valence-corrected chi connectivity index (χ3v) is 3.74. The number of nitrogen functional groups attached to an aromatic ring is 1. The predicted molar refractivity (Wildman–Crippen MR) is 82.1 cm³/mol. The minimum Gasteiger partial charge on any atom is -0.384 e. The van der Waals surface area contributed by atoms with Gasteiger partial charge in [0.25, 0.3) is 0 Å². The average molecular weight is 260 g/mol. The van der Waals surface area contributed by atoms with E-state index in [1.165, 1.54) is 12.8 Å². The van der Waals surface area contributed by atoms with Gasteiger partial charge in [0.05, 0.1) is 11.4 Å². The first-order chi connectivity index (χ1) is 9.15. The Labute approximate surface area is 115 Å². The first-order valence-corrected chi connectivity index (χ1v) is 7.12. The second kappa shape index (κ2) is 5.95. The maximum atomic E-state index is 5.95. The molecule has 1 aromatic rings. The van der Waals surface area contributed by atoms with E-state index in [2.05, 4.69) is 41.3 Å². The summed E-state index contributed by atoms with van der Waals surface area (Å²) in [5.74, 6) is 0.569. The molecule has 0 bridgehead atoms. The van der Waals surface area contributed by atoms with Crippen molar-refractivity contribution >= 4 is 17.2 Å². The minimum atomic E-state index is 0.569. The van der Waals surface area contributed by atoms with Crippen LogP contribution < -0.4 is 10.6 Å². The van der Waals surface area contributed by atoms with Gasteiger partial charge in [0.2, 0.25) is 0 Å². The van der Waals surface area contributed by atoms with E-state index in [1.54, 1.807) is 0 Å². The van der Waals surface area contributed by atoms with Crippen LogP contribution in [0.1, 0.15) is 32.4 Å². The molecule has 0 atom stereocenters. The molecule has 0 amide bonds. The summed E-state index contributed by atoms with van der Waals surface area (Å²) in [5, 5.41) is 0. The fourth-order valence-corrected chi connectivity index (χ4v) is 2.61. The summed E-state index contributed by atoms with van der Waals surface area (Å²) >= 11 is 0. The molecule has 1 saturated heterocycles. The second-order valence-corrected chi connectivity index (χ2v) is 4.95. The lowest BCUT2D eigenvalue weighted by Crippen LogP contribution is -2.23. The molecule has 1 fully saturated rings. The molecule has 4 heteroatoms. The van der Waals surface area contributed by atoms with E-state index in [9.17, 15) is 0 Å². The Balaban J connectivity index is 2.27. The number of nitrogens with two attached hydrogens (primary N) is 1. The van der Waals surface area contributed by atoms with Gasteiger partial charge in [-0.15, -0.1) is 0 Å². The van der Waals surface area contributed by atoms with Crippen molar-refractivity contribution in [3.8, 4) is 0 Å². The summed E-state index contributed by atoms with van der Waals surface area (Å²) < 4.78 is 0. The number of likely N-dealkylation sites (tertiary alicyclic amines) is 1. The lowest BCUT2D eigenvalue weighted by Gasteiger charge is -2.24. The van der Waals surface area contributed by atoms with Gasteiger partial charge in [-0.2, -0.15) is 0 Å². The number of aromatic nitrogens is 1. The van der Waals surface area contributed by atoms with Crippen molar-refractivity contribution in [2.45, 2.75) is 26.7 Å². The van der Waals surface area contributed by atoms with Gasteiger partial charge < -0.3 is 15.5 Å². The predicted octanol–water partition coefficient (Wildman–Crippen LogP) is 2.58. The van der Waals surface area contributed by atoms with E-state index in [-0.39, 0.29) is 0 Å². The average Bonchev–Trinajstić information content (AvgIpc) is 2.92. The topological polar surface area (TPSA) is 45.4 Å². The molecular weight excluding hydrogens is 236 g/mol. The zero-order chi connectivity index (χ0) is 13.8. The maximum Gasteiger partial charge on any atom is 0.126 e. The third-order valence-electron chi connectivity index (χ3n) is 3.74. The Morgan fingerprint density at radius 1 is 1.32 bits per heavy atom. The summed E-state index contributed by atoms with van der Waals surface area (Å²) in [6, 6.07) is 4.04. The molecule has 1 aliphatic rings. The monoisotopic (exact) mass is 260 g/mol. The van der Waals surface area contributed by atoms with Crippen LogP contribution in [0, 0.1) is 0 Å². The third kappa shape index (κ3) is 3.00. The fourth-order valence-electron chi connectivity index (χ4n) is 2.61. The molecule has 0 spiro atoms. The molecule has 0 aromatic carbocycles. The number of rotatable bonds is 5. The standard InChI is InChI=1S/C15H24N4/c1-4-18(5-2)13-10-14(17-15(16)11-13)12(3)19-8-6-7-9-19/h10-11H,3-9H2,1-2H3,(H2,16,17). The van der Waals surface area contributed by atoms with Crippen LogP contribution in [0.5, 0.6) is 0 Å². The zero-order valence-electron chi connectivity index (χ0n) is 12.0. The summed E-state index contributed by atoms with van der Waals surface area (Å²) in [4.78, 5) is 9.02. The van der Waals surface area contributed by atoms with Crippen molar-refractivity contribution in [3.63, 3.8) is 0 Å². The number of nitrogens with zero attached hydrogens (tertiary/aromatic N) is 3. The fraction of sp³-hybridized carbons (Fsp3) is 0.533. The normalized spacial score (nSPS) is 14.7. The summed E-state index contributed by atoms with van der Waals surface area (Å²) in [6.07, 6.45) is 2.48. The largest absolute Gasteiger partial charge is 0.384 e. The highest BCUT2D eigenvalue weighted by molar-refractivity contribution is 5.66. The summed E-state index contributed by atoms with van der Waals surface area (Å²) in [6.45, 7) is 12.6. The highest BCUT2D eigenvalue weighted by Crippen LogP contribution is 2.26. The molecule has 2 rings (SSSR count). The molecule has 0 aliphatic carbocycles. The molecule has 0 unspecified atom stereocenters. The van der Waals surface area contributed by atoms with Crippen LogP contribution in [0.25, 0.3) is 5.70 Å². The van der Waals surface area contributed by atoms with E-state index >= 15 is 0 Å². The van der Waals surface area contributed by atoms with E-state index in [0.717, 1.165) is 43.3 Å². The Hall–Kier alpha value is -1.71. The Kier molecular flexibility index (Phi) is 4.30. The van der Waals surface area contributed by atoms with Gasteiger partial charge in [-0.1, -0.05) is 6.58 Å². The van der Waals surface area contributed by atoms with Crippen LogP contribution in [0.4, 0.5) is 11.5 Å². The highest BCUT2D eigenvalue weighted by Gasteiger charge is 2.17. The van der Waals surface area contributed by atoms with Gasteiger partial charge in [0, 0.05) is 37.9 Å². The Bertz CT molecular complexity index is 445. The lowest BCUT2D eigenvalue weighted by atomic mass is 10.2. The van der Waals surface area contributed by atoms with Gasteiger partial charge in [-0.25, -0.2) is 4.98 Å². The maximum absolute atomic E-state index is 5.95. The van der Waals surface area contributed by atoms with Crippen molar-refractivity contribution in [1.29, 1.82) is 0 Å². The SMILES string of the molecule is C=C(c1cc(N(CC)CC)cc(N)n1)N1CCCC1. The van der Waals surface area contributed by atoms with E-state index < -0.39 is 0 Å². The molecule has 1 aromatic heterocycles. The van der Waals surface area contributed by atoms with Gasteiger partial charge in [0.15, 0.2) is 0 Å². The van der Waals surface area contributed by atoms with E-state index in [4.69, 9.17) is 5.73 Å². The molecule has 104 valence electrons. The highest BCUT2D eigenvalue weighted by atomic mass is 15.2. The molecule has 0 radical (unpaired) electrons. The molecule has 19 heavy (non-hydrogen) atoms. The van der Waals surface area contributed by atoms with E-state index in [0.29, 0.717) is 5.82 Å². The van der Waals surface area contributed by atoms with Gasteiger partial charge in [-0.3, -0.25) is 0 Å². The molecular formula is C15H24N4. The van der Waals surface area contributed by atoms with Gasteiger partial charge in [-0.05, 0) is 32.8 Å². The van der Waals surface area contributed by atoms with Crippen LogP contribution >= 0.6 is 0 Å². The Morgan fingerprint density at radius 2 is 1.95 bits per heavy atom. The van der Waals surface area contributed by atoms with Crippen molar-refractivity contribution < 1.29 is 0 Å². The molecule has 1 aliphatic heterocycles. The number of pyridine rings is 1. The van der Waals surface area contributed by atoms with Crippen molar-refractivity contribution in [2.24, 2.45) is 0 Å². The zero-order valence-corrected chi connectivity index (χ0v) is 12.0. The summed E-state index contributed by atoms with van der Waals surface area (Å²) in [5.41, 5.74) is 8.98. The smallest absolute Gasteiger partial charge is 0.126 e. The first kappa shape index (κ1) is 13.7. The van der Waals surface area contributed by atoms with Crippen molar-refractivity contribution in [3.05, 3.63) is 24.4 Å². The molecule has 4 nitrogen and oxygen atoms in total. The number of anilines is 2. The number of hydrogen-bond acceptors (Lipinski definition) is 4. The molecule has 2 heterocycles. The van der Waals surface area contributed by atoms with Crippen LogP contribution in [0.3, 0.4) is 0 Å². The summed E-state index contributed by atoms with van der Waals surface area (Å²) in [7, 11) is 0. The van der Waals surface area contributed by atoms with E-state index in [1.807, 2.05) is 6.07 Å². The van der Waals surface area contributed by atoms with Gasteiger partial charge in [0.1, 0.15) is 5.82 Å². The van der Waals surface area contributed by atoms with Crippen LogP contribution in [0.2, 0.25) is 0 Å². The van der Waals surface area contributed by atoms with Crippen molar-refractivity contribution in [1.82, 2.24) is 9.88 Å². The molecule has 2 N–H and O–H groups in total. The minimum absolute atomic E-state index is 0.569. The van der Waals surface area contributed by atoms with Crippen molar-refractivity contribution in [2.75, 3.05) is 36.8 Å². The first-order valence-electron chi connectivity index (χ1n) is 7.12. The van der Waals surface area contributed by atoms with Crippen LogP contribution in [0.15, 0.2) is 18.7 Å². The quantitative estimate of drug-likeness (QED) is 0.884. The lowest BCUT2D eigenvalue weighted by molar-refractivity contribution is 0.492. The Morgan fingerprint density at radius 3 is 2.53 bits per heavy atom. The van der Waals surface area contributed by atoms with Gasteiger partial charge >= 0.3 is 0 Å². The van der Waals surface area contributed by atoms with Crippen LogP contribution in [-0.2, 0) is 0 Å². The molecule has 0 saturated carbocycles. The second-order valence-electron chi connectivity index (χ2n) is 4.95. The number of hydrogen-bond donors (Lipinski definition) is 1. The van der Waals surface area contributed by atoms with Crippen LogP contribution in [-0.4, -0.2) is 36.1 Å².